The minimum Gasteiger partial charge on any atom is -0.306 e. The molecule has 0 saturated heterocycles. The van der Waals surface area contributed by atoms with Gasteiger partial charge in [0.25, 0.3) is 10.0 Å². The van der Waals surface area contributed by atoms with Crippen LogP contribution in [0.25, 0.3) is 0 Å². The molecule has 1 heterocycles. The smallest absolute Gasteiger partial charge is 0.306 e. The van der Waals surface area contributed by atoms with Crippen LogP contribution < -0.4 is 10.0 Å². The zero-order valence-corrected chi connectivity index (χ0v) is 16.6. The van der Waals surface area contributed by atoms with Gasteiger partial charge in [-0.2, -0.15) is 13.5 Å². The highest BCUT2D eigenvalue weighted by molar-refractivity contribution is 7.90. The van der Waals surface area contributed by atoms with E-state index < -0.39 is 16.1 Å². The third-order valence-electron chi connectivity index (χ3n) is 5.24. The highest BCUT2D eigenvalue weighted by Gasteiger charge is 2.30. The van der Waals surface area contributed by atoms with Gasteiger partial charge in [-0.25, -0.2) is 9.52 Å². The van der Waals surface area contributed by atoms with Crippen molar-refractivity contribution >= 4 is 27.5 Å². The Morgan fingerprint density at radius 3 is 2.68 bits per heavy atom. The zero-order valence-electron chi connectivity index (χ0n) is 15.8. The number of ketones is 1. The summed E-state index contributed by atoms with van der Waals surface area (Å²) >= 11 is 0. The average molecular weight is 402 g/mol. The maximum absolute atomic E-state index is 12.5. The Bertz CT molecular complexity index is 1090. The minimum atomic E-state index is -4.11. The molecule has 2 aliphatic carbocycles. The van der Waals surface area contributed by atoms with E-state index in [0.717, 1.165) is 36.0 Å². The number of nitrogens with one attached hydrogen (secondary N) is 2. The van der Waals surface area contributed by atoms with Gasteiger partial charge in [0, 0.05) is 24.2 Å². The molecular formula is C19H22N4O4S. The van der Waals surface area contributed by atoms with Crippen LogP contribution in [-0.4, -0.2) is 30.0 Å². The lowest BCUT2D eigenvalue weighted by Gasteiger charge is -2.15. The van der Waals surface area contributed by atoms with Gasteiger partial charge in [0.05, 0.1) is 5.69 Å². The lowest BCUT2D eigenvalue weighted by atomic mass is 9.98. The van der Waals surface area contributed by atoms with Gasteiger partial charge in [0.1, 0.15) is 0 Å². The molecular weight excluding hydrogens is 380 g/mol. The summed E-state index contributed by atoms with van der Waals surface area (Å²) in [7, 11) is -4.11. The Labute approximate surface area is 163 Å². The summed E-state index contributed by atoms with van der Waals surface area (Å²) in [5, 5.41) is 6.42. The van der Waals surface area contributed by atoms with E-state index in [1.165, 1.54) is 10.7 Å². The first-order valence-electron chi connectivity index (χ1n) is 9.36. The number of rotatable bonds is 4. The van der Waals surface area contributed by atoms with Crippen LogP contribution in [0.15, 0.2) is 23.4 Å². The van der Waals surface area contributed by atoms with E-state index in [9.17, 15) is 18.0 Å². The zero-order chi connectivity index (χ0) is 20.1. The molecule has 148 valence electrons. The fourth-order valence-corrected chi connectivity index (χ4v) is 4.74. The van der Waals surface area contributed by atoms with Crippen LogP contribution >= 0.6 is 0 Å². The number of carbonyl (C=O) groups is 2. The fourth-order valence-electron chi connectivity index (χ4n) is 3.90. The summed E-state index contributed by atoms with van der Waals surface area (Å²) in [6, 6.07) is 2.51. The number of sulfonamides is 1. The van der Waals surface area contributed by atoms with Gasteiger partial charge in [-0.3, -0.25) is 9.48 Å². The van der Waals surface area contributed by atoms with Crippen molar-refractivity contribution in [2.75, 3.05) is 5.32 Å². The molecule has 2 amide bonds. The number of benzene rings is 1. The molecule has 0 bridgehead atoms. The van der Waals surface area contributed by atoms with E-state index in [0.29, 0.717) is 24.1 Å². The second-order valence-corrected chi connectivity index (χ2v) is 9.12. The first-order chi connectivity index (χ1) is 13.3. The maximum atomic E-state index is 12.5. The van der Waals surface area contributed by atoms with Crippen molar-refractivity contribution in [3.05, 3.63) is 40.6 Å². The van der Waals surface area contributed by atoms with Crippen molar-refractivity contribution in [3.8, 4) is 0 Å². The van der Waals surface area contributed by atoms with Crippen LogP contribution in [-0.2, 0) is 29.3 Å². The molecule has 2 aliphatic rings. The third-order valence-corrected chi connectivity index (χ3v) is 6.46. The molecule has 0 aliphatic heterocycles. The number of urea groups is 1. The van der Waals surface area contributed by atoms with Gasteiger partial charge in [-0.15, -0.1) is 0 Å². The second kappa shape index (κ2) is 6.73. The standard InChI is InChI=1S/C19H22N4O4S/c1-11(2)23-9-8-16(21-23)28(26,27)22-19(25)20-18-14-5-3-4-12(14)10-13-6-7-15(24)17(13)18/h8-11H,3-7H2,1-2H3,(H2,20,22,25). The highest BCUT2D eigenvalue weighted by Crippen LogP contribution is 2.38. The predicted molar refractivity (Wildman–Crippen MR) is 103 cm³/mol. The third kappa shape index (κ3) is 3.19. The molecule has 0 fully saturated rings. The highest BCUT2D eigenvalue weighted by atomic mass is 32.2. The molecule has 1 aromatic carbocycles. The van der Waals surface area contributed by atoms with Crippen LogP contribution in [0.4, 0.5) is 10.5 Å². The van der Waals surface area contributed by atoms with Crippen LogP contribution in [0.3, 0.4) is 0 Å². The number of hydrogen-bond donors (Lipinski definition) is 2. The minimum absolute atomic E-state index is 0.00159. The molecule has 9 heteroatoms. The monoisotopic (exact) mass is 402 g/mol. The lowest BCUT2D eigenvalue weighted by Crippen LogP contribution is -2.35. The summed E-state index contributed by atoms with van der Waals surface area (Å²) in [5.41, 5.74) is 3.98. The van der Waals surface area contributed by atoms with Crippen molar-refractivity contribution in [2.45, 2.75) is 57.0 Å². The number of carbonyl (C=O) groups excluding carboxylic acids is 2. The summed E-state index contributed by atoms with van der Waals surface area (Å²) in [6.45, 7) is 3.74. The van der Waals surface area contributed by atoms with E-state index in [-0.39, 0.29) is 16.9 Å². The molecule has 8 nitrogen and oxygen atoms in total. The fraction of sp³-hybridized carbons (Fsp3) is 0.421. The number of nitrogens with zero attached hydrogens (tertiary/aromatic N) is 2. The SMILES string of the molecule is CC(C)n1ccc(S(=O)(=O)NC(=O)Nc2c3c(cc4c2C(=O)CC4)CCC3)n1. The Hall–Kier alpha value is -2.68. The van der Waals surface area contributed by atoms with Crippen molar-refractivity contribution in [2.24, 2.45) is 0 Å². The largest absolute Gasteiger partial charge is 0.333 e. The van der Waals surface area contributed by atoms with E-state index in [1.54, 1.807) is 6.20 Å². The number of hydrogen-bond acceptors (Lipinski definition) is 5. The van der Waals surface area contributed by atoms with Crippen LogP contribution in [0.2, 0.25) is 0 Å². The van der Waals surface area contributed by atoms with Crippen LogP contribution in [0.1, 0.15) is 59.8 Å². The first-order valence-corrected chi connectivity index (χ1v) is 10.8. The van der Waals surface area contributed by atoms with Crippen molar-refractivity contribution in [1.82, 2.24) is 14.5 Å². The molecule has 0 unspecified atom stereocenters. The van der Waals surface area contributed by atoms with Gasteiger partial charge < -0.3 is 5.32 Å². The van der Waals surface area contributed by atoms with E-state index in [2.05, 4.69) is 16.5 Å². The van der Waals surface area contributed by atoms with E-state index in [4.69, 9.17) is 0 Å². The summed E-state index contributed by atoms with van der Waals surface area (Å²) in [5.74, 6) is -0.0152. The molecule has 1 aromatic heterocycles. The first kappa shape index (κ1) is 18.7. The molecule has 2 aromatic rings. The van der Waals surface area contributed by atoms with Gasteiger partial charge in [-0.05, 0) is 62.3 Å². The van der Waals surface area contributed by atoms with E-state index >= 15 is 0 Å². The maximum Gasteiger partial charge on any atom is 0.333 e. The van der Waals surface area contributed by atoms with Gasteiger partial charge in [0.15, 0.2) is 10.8 Å². The number of amides is 2. The number of Topliss-reactive ketones (excluding diaryl/α,β-unsaturated/α-hetero) is 1. The molecule has 2 N–H and O–H groups in total. The van der Waals surface area contributed by atoms with Gasteiger partial charge in [0.2, 0.25) is 0 Å². The Balaban J connectivity index is 1.60. The molecule has 0 spiro atoms. The lowest BCUT2D eigenvalue weighted by molar-refractivity contribution is 0.0995. The number of anilines is 1. The number of aryl methyl sites for hydroxylation is 2. The van der Waals surface area contributed by atoms with Crippen molar-refractivity contribution in [3.63, 3.8) is 0 Å². The second-order valence-electron chi connectivity index (χ2n) is 7.49. The Morgan fingerprint density at radius 2 is 1.96 bits per heavy atom. The summed E-state index contributed by atoms with van der Waals surface area (Å²) in [4.78, 5) is 24.8. The van der Waals surface area contributed by atoms with Gasteiger partial charge in [-0.1, -0.05) is 6.07 Å². The van der Waals surface area contributed by atoms with Crippen LogP contribution in [0.5, 0.6) is 0 Å². The Kier molecular flexibility index (Phi) is 4.49. The molecule has 28 heavy (non-hydrogen) atoms. The molecule has 0 radical (unpaired) electrons. The number of fused-ring (bicyclic) bond motifs is 2. The topological polar surface area (TPSA) is 110 Å². The van der Waals surface area contributed by atoms with Gasteiger partial charge >= 0.3 is 6.03 Å². The molecule has 4 rings (SSSR count). The predicted octanol–water partition coefficient (Wildman–Crippen LogP) is 2.59. The molecule has 0 atom stereocenters. The normalized spacial score (nSPS) is 15.6. The quantitative estimate of drug-likeness (QED) is 0.817. The summed E-state index contributed by atoms with van der Waals surface area (Å²) < 4.78 is 28.5. The van der Waals surface area contributed by atoms with E-state index in [1.807, 2.05) is 18.6 Å². The number of aromatic nitrogens is 2. The Morgan fingerprint density at radius 1 is 1.18 bits per heavy atom. The molecule has 0 saturated carbocycles. The summed E-state index contributed by atoms with van der Waals surface area (Å²) in [6.07, 6.45) is 5.23. The average Bonchev–Trinajstić information content (AvgIpc) is 3.33. The van der Waals surface area contributed by atoms with Crippen LogP contribution in [0, 0.1) is 0 Å². The van der Waals surface area contributed by atoms with Crippen molar-refractivity contribution in [1.29, 1.82) is 0 Å². The van der Waals surface area contributed by atoms with Crippen molar-refractivity contribution < 1.29 is 18.0 Å².